The van der Waals surface area contributed by atoms with E-state index in [1.807, 2.05) is 55.1 Å². The van der Waals surface area contributed by atoms with Crippen LogP contribution in [0, 0.1) is 6.92 Å². The summed E-state index contributed by atoms with van der Waals surface area (Å²) in [5, 5.41) is 4.38. The first kappa shape index (κ1) is 21.2. The zero-order valence-electron chi connectivity index (χ0n) is 17.3. The first-order valence-corrected chi connectivity index (χ1v) is 11.3. The molecule has 1 aromatic heterocycles. The zero-order valence-corrected chi connectivity index (χ0v) is 18.1. The third-order valence-electron chi connectivity index (χ3n) is 4.72. The number of ether oxygens (including phenoxy) is 1. The molecule has 0 aliphatic heterocycles. The number of anilines is 2. The molecule has 152 valence electrons. The number of ketones is 1. The Kier molecular flexibility index (Phi) is 7.53. The van der Waals surface area contributed by atoms with Crippen LogP contribution >= 0.6 is 11.8 Å². The molecular formula is C24H28N2O2S. The number of hydrogen-bond donors (Lipinski definition) is 1. The Bertz CT molecular complexity index is 988. The predicted molar refractivity (Wildman–Crippen MR) is 124 cm³/mol. The lowest BCUT2D eigenvalue weighted by atomic mass is 10.0. The summed E-state index contributed by atoms with van der Waals surface area (Å²) in [5.74, 6) is 2.91. The standard InChI is InChI=1S/C24H28N2O2S/c1-4-14-29-15-13-28-22-12-8-10-18-23(26-20-11-7-6-9-17(20)3)19(21(27)5-2)16-25-24(18)22/h6-12,16H,4-5,13-15H2,1-3H3,(H,25,26). The average Bonchev–Trinajstić information content (AvgIpc) is 2.75. The summed E-state index contributed by atoms with van der Waals surface area (Å²) < 4.78 is 6.03. The van der Waals surface area contributed by atoms with Crippen molar-refractivity contribution in [3.63, 3.8) is 0 Å². The summed E-state index contributed by atoms with van der Waals surface area (Å²) in [6, 6.07) is 14.0. The molecule has 5 heteroatoms. The van der Waals surface area contributed by atoms with Gasteiger partial charge in [-0.15, -0.1) is 0 Å². The number of nitrogens with one attached hydrogen (secondary N) is 1. The fourth-order valence-corrected chi connectivity index (χ4v) is 3.85. The second-order valence-corrected chi connectivity index (χ2v) is 8.10. The van der Waals surface area contributed by atoms with E-state index in [1.165, 1.54) is 6.42 Å². The fraction of sp³-hybridized carbons (Fsp3) is 0.333. The maximum atomic E-state index is 12.6. The van der Waals surface area contributed by atoms with Gasteiger partial charge in [0.15, 0.2) is 5.78 Å². The van der Waals surface area contributed by atoms with E-state index < -0.39 is 0 Å². The van der Waals surface area contributed by atoms with Crippen molar-refractivity contribution in [1.29, 1.82) is 0 Å². The first-order chi connectivity index (χ1) is 14.2. The van der Waals surface area contributed by atoms with Gasteiger partial charge in [-0.2, -0.15) is 11.8 Å². The number of pyridine rings is 1. The number of aryl methyl sites for hydroxylation is 1. The highest BCUT2D eigenvalue weighted by Crippen LogP contribution is 2.34. The molecule has 2 aromatic carbocycles. The molecular weight excluding hydrogens is 380 g/mol. The molecule has 0 saturated heterocycles. The average molecular weight is 409 g/mol. The summed E-state index contributed by atoms with van der Waals surface area (Å²) >= 11 is 1.89. The van der Waals surface area contributed by atoms with E-state index in [-0.39, 0.29) is 5.78 Å². The number of fused-ring (bicyclic) bond motifs is 1. The summed E-state index contributed by atoms with van der Waals surface area (Å²) in [4.78, 5) is 17.2. The van der Waals surface area contributed by atoms with E-state index in [1.54, 1.807) is 6.20 Å². The zero-order chi connectivity index (χ0) is 20.6. The Labute approximate surface area is 177 Å². The Morgan fingerprint density at radius 1 is 1.10 bits per heavy atom. The monoisotopic (exact) mass is 408 g/mol. The minimum Gasteiger partial charge on any atom is -0.490 e. The molecule has 0 radical (unpaired) electrons. The van der Waals surface area contributed by atoms with Crippen LogP contribution < -0.4 is 10.1 Å². The van der Waals surface area contributed by atoms with E-state index in [2.05, 4.69) is 30.2 Å². The largest absolute Gasteiger partial charge is 0.490 e. The molecule has 0 bridgehead atoms. The maximum Gasteiger partial charge on any atom is 0.166 e. The number of aromatic nitrogens is 1. The molecule has 1 heterocycles. The number of carbonyl (C=O) groups excluding carboxylic acids is 1. The SMILES string of the molecule is CCCSCCOc1cccc2c(Nc3ccccc3C)c(C(=O)CC)cnc12. The third-order valence-corrected chi connectivity index (χ3v) is 5.87. The molecule has 4 nitrogen and oxygen atoms in total. The second-order valence-electron chi connectivity index (χ2n) is 6.88. The molecule has 0 amide bonds. The van der Waals surface area contributed by atoms with E-state index in [4.69, 9.17) is 4.74 Å². The topological polar surface area (TPSA) is 51.2 Å². The Morgan fingerprint density at radius 3 is 2.69 bits per heavy atom. The minimum absolute atomic E-state index is 0.0674. The molecule has 29 heavy (non-hydrogen) atoms. The second kappa shape index (κ2) is 10.3. The summed E-state index contributed by atoms with van der Waals surface area (Å²) in [6.45, 7) is 6.75. The minimum atomic E-state index is 0.0674. The van der Waals surface area contributed by atoms with Gasteiger partial charge in [-0.3, -0.25) is 9.78 Å². The lowest BCUT2D eigenvalue weighted by Crippen LogP contribution is -2.07. The lowest BCUT2D eigenvalue weighted by molar-refractivity contribution is 0.0988. The van der Waals surface area contributed by atoms with Crippen molar-refractivity contribution in [1.82, 2.24) is 4.98 Å². The number of carbonyl (C=O) groups is 1. The van der Waals surface area contributed by atoms with Crippen LogP contribution in [0.1, 0.15) is 42.6 Å². The quantitative estimate of drug-likeness (QED) is 0.311. The Morgan fingerprint density at radius 2 is 1.93 bits per heavy atom. The highest BCUT2D eigenvalue weighted by Gasteiger charge is 2.17. The van der Waals surface area contributed by atoms with Gasteiger partial charge in [0, 0.05) is 29.4 Å². The molecule has 3 aromatic rings. The van der Waals surface area contributed by atoms with E-state index >= 15 is 0 Å². The smallest absolute Gasteiger partial charge is 0.166 e. The van der Waals surface area contributed by atoms with Crippen molar-refractivity contribution in [2.24, 2.45) is 0 Å². The highest BCUT2D eigenvalue weighted by atomic mass is 32.2. The first-order valence-electron chi connectivity index (χ1n) is 10.1. The van der Waals surface area contributed by atoms with Crippen LogP contribution in [0.5, 0.6) is 5.75 Å². The number of nitrogens with zero attached hydrogens (tertiary/aromatic N) is 1. The van der Waals surface area contributed by atoms with Gasteiger partial charge >= 0.3 is 0 Å². The summed E-state index contributed by atoms with van der Waals surface area (Å²) in [5.41, 5.74) is 4.28. The van der Waals surface area contributed by atoms with Gasteiger partial charge in [0.25, 0.3) is 0 Å². The van der Waals surface area contributed by atoms with Crippen molar-refractivity contribution in [2.75, 3.05) is 23.4 Å². The maximum absolute atomic E-state index is 12.6. The molecule has 3 rings (SSSR count). The van der Waals surface area contributed by atoms with Crippen molar-refractivity contribution in [3.05, 3.63) is 59.8 Å². The van der Waals surface area contributed by atoms with E-state index in [0.29, 0.717) is 18.6 Å². The van der Waals surface area contributed by atoms with Gasteiger partial charge < -0.3 is 10.1 Å². The van der Waals surface area contributed by atoms with Crippen LogP contribution in [0.3, 0.4) is 0 Å². The number of benzene rings is 2. The number of hydrogen-bond acceptors (Lipinski definition) is 5. The molecule has 0 atom stereocenters. The van der Waals surface area contributed by atoms with Crippen molar-refractivity contribution in [2.45, 2.75) is 33.6 Å². The van der Waals surface area contributed by atoms with Crippen LogP contribution in [0.15, 0.2) is 48.7 Å². The summed E-state index contributed by atoms with van der Waals surface area (Å²) in [7, 11) is 0. The number of thioether (sulfide) groups is 1. The van der Waals surface area contributed by atoms with Crippen LogP contribution in [0.2, 0.25) is 0 Å². The lowest BCUT2D eigenvalue weighted by Gasteiger charge is -2.17. The number of Topliss-reactive ketones (excluding diaryl/α,β-unsaturated/α-hetero) is 1. The van der Waals surface area contributed by atoms with Crippen molar-refractivity contribution >= 4 is 39.8 Å². The Balaban J connectivity index is 2.00. The van der Waals surface area contributed by atoms with Crippen molar-refractivity contribution in [3.8, 4) is 5.75 Å². The van der Waals surface area contributed by atoms with Crippen LogP contribution in [-0.4, -0.2) is 28.9 Å². The van der Waals surface area contributed by atoms with Gasteiger partial charge in [-0.25, -0.2) is 0 Å². The fourth-order valence-electron chi connectivity index (χ4n) is 3.15. The normalized spacial score (nSPS) is 10.9. The van der Waals surface area contributed by atoms with Gasteiger partial charge in [0.2, 0.25) is 0 Å². The third kappa shape index (κ3) is 5.10. The molecule has 0 aliphatic rings. The molecule has 1 N–H and O–H groups in total. The van der Waals surface area contributed by atoms with Crippen LogP contribution in [-0.2, 0) is 0 Å². The molecule has 0 unspecified atom stereocenters. The van der Waals surface area contributed by atoms with Gasteiger partial charge in [-0.05, 0) is 36.8 Å². The highest BCUT2D eigenvalue weighted by molar-refractivity contribution is 7.99. The van der Waals surface area contributed by atoms with Crippen LogP contribution in [0.4, 0.5) is 11.4 Å². The van der Waals surface area contributed by atoms with Gasteiger partial charge in [-0.1, -0.05) is 44.2 Å². The van der Waals surface area contributed by atoms with Crippen LogP contribution in [0.25, 0.3) is 10.9 Å². The Hall–Kier alpha value is -2.53. The molecule has 0 saturated carbocycles. The molecule has 0 spiro atoms. The summed E-state index contributed by atoms with van der Waals surface area (Å²) in [6.07, 6.45) is 3.27. The predicted octanol–water partition coefficient (Wildman–Crippen LogP) is 6.40. The molecule has 0 fully saturated rings. The van der Waals surface area contributed by atoms with Crippen molar-refractivity contribution < 1.29 is 9.53 Å². The number of para-hydroxylation sites is 2. The van der Waals surface area contributed by atoms with Gasteiger partial charge in [0.05, 0.1) is 17.9 Å². The van der Waals surface area contributed by atoms with Gasteiger partial charge in [0.1, 0.15) is 11.3 Å². The van der Waals surface area contributed by atoms with E-state index in [0.717, 1.165) is 45.1 Å². The molecule has 0 aliphatic carbocycles. The number of rotatable bonds is 10. The van der Waals surface area contributed by atoms with E-state index in [9.17, 15) is 4.79 Å².